The van der Waals surface area contributed by atoms with Crippen LogP contribution in [0.1, 0.15) is 15.9 Å². The van der Waals surface area contributed by atoms with Gasteiger partial charge in [0.1, 0.15) is 5.75 Å². The zero-order valence-electron chi connectivity index (χ0n) is 15.7. The number of amides is 1. The van der Waals surface area contributed by atoms with Crippen LogP contribution in [0.15, 0.2) is 42.5 Å². The summed E-state index contributed by atoms with van der Waals surface area (Å²) in [5.74, 6) is -0.325. The third kappa shape index (κ3) is 6.70. The lowest BCUT2D eigenvalue weighted by atomic mass is 10.1. The van der Waals surface area contributed by atoms with Gasteiger partial charge in [0.2, 0.25) is 0 Å². The van der Waals surface area contributed by atoms with E-state index in [1.165, 1.54) is 36.3 Å². The topological polar surface area (TPSA) is 116 Å². The third-order valence-electron chi connectivity index (χ3n) is 3.77. The number of rotatable bonds is 9. The van der Waals surface area contributed by atoms with Crippen LogP contribution >= 0.6 is 11.6 Å². The SMILES string of the molecule is COCCN(Cc1cccc(OS(C)(=O)=O)c1)C(=O)c1ccc([N+](=O)[O-])cc1Cl. The van der Waals surface area contributed by atoms with Crippen molar-refractivity contribution in [2.45, 2.75) is 6.54 Å². The van der Waals surface area contributed by atoms with Gasteiger partial charge in [0.15, 0.2) is 0 Å². The Hall–Kier alpha value is -2.69. The molecular weight excluding hydrogens is 424 g/mol. The number of hydrogen-bond acceptors (Lipinski definition) is 7. The van der Waals surface area contributed by atoms with Crippen molar-refractivity contribution >= 4 is 33.3 Å². The van der Waals surface area contributed by atoms with Crippen LogP contribution in [0, 0.1) is 10.1 Å². The van der Waals surface area contributed by atoms with Crippen molar-refractivity contribution in [1.82, 2.24) is 4.90 Å². The van der Waals surface area contributed by atoms with Gasteiger partial charge in [-0.2, -0.15) is 8.42 Å². The molecule has 0 radical (unpaired) electrons. The number of nitro groups is 1. The predicted molar refractivity (Wildman–Crippen MR) is 107 cm³/mol. The van der Waals surface area contributed by atoms with Crippen molar-refractivity contribution in [1.29, 1.82) is 0 Å². The van der Waals surface area contributed by atoms with Crippen LogP contribution in [-0.4, -0.2) is 50.7 Å². The summed E-state index contributed by atoms with van der Waals surface area (Å²) in [5, 5.41) is 10.8. The summed E-state index contributed by atoms with van der Waals surface area (Å²) in [4.78, 5) is 24.7. The first-order valence-corrected chi connectivity index (χ1v) is 10.5. The first kappa shape index (κ1) is 22.6. The molecule has 0 aromatic heterocycles. The van der Waals surface area contributed by atoms with E-state index < -0.39 is 20.9 Å². The summed E-state index contributed by atoms with van der Waals surface area (Å²) < 4.78 is 32.5. The fourth-order valence-electron chi connectivity index (χ4n) is 2.51. The number of benzene rings is 2. The van der Waals surface area contributed by atoms with Crippen LogP contribution < -0.4 is 4.18 Å². The van der Waals surface area contributed by atoms with E-state index in [-0.39, 0.29) is 41.7 Å². The second-order valence-electron chi connectivity index (χ2n) is 6.08. The van der Waals surface area contributed by atoms with Crippen molar-refractivity contribution in [3.05, 3.63) is 68.7 Å². The molecule has 1 amide bonds. The van der Waals surface area contributed by atoms with Crippen molar-refractivity contribution in [2.75, 3.05) is 26.5 Å². The molecule has 0 aliphatic rings. The Labute approximate surface area is 173 Å². The minimum Gasteiger partial charge on any atom is -0.383 e. The van der Waals surface area contributed by atoms with Gasteiger partial charge in [-0.3, -0.25) is 14.9 Å². The summed E-state index contributed by atoms with van der Waals surface area (Å²) in [7, 11) is -2.20. The monoisotopic (exact) mass is 442 g/mol. The van der Waals surface area contributed by atoms with Crippen LogP contribution in [0.5, 0.6) is 5.75 Å². The van der Waals surface area contributed by atoms with E-state index in [1.807, 2.05) is 0 Å². The highest BCUT2D eigenvalue weighted by Crippen LogP contribution is 2.25. The quantitative estimate of drug-likeness (QED) is 0.333. The fourth-order valence-corrected chi connectivity index (χ4v) is 3.21. The fraction of sp³-hybridized carbons (Fsp3) is 0.278. The highest BCUT2D eigenvalue weighted by atomic mass is 35.5. The van der Waals surface area contributed by atoms with Gasteiger partial charge < -0.3 is 13.8 Å². The lowest BCUT2D eigenvalue weighted by Gasteiger charge is -2.23. The number of halogens is 1. The van der Waals surface area contributed by atoms with Crippen LogP contribution in [-0.2, 0) is 21.4 Å². The average molecular weight is 443 g/mol. The molecule has 0 N–H and O–H groups in total. The number of hydrogen-bond donors (Lipinski definition) is 0. The summed E-state index contributed by atoms with van der Waals surface area (Å²) in [6.45, 7) is 0.589. The number of carbonyl (C=O) groups excluding carboxylic acids is 1. The van der Waals surface area contributed by atoms with E-state index in [0.29, 0.717) is 5.56 Å². The number of carbonyl (C=O) groups is 1. The molecule has 9 nitrogen and oxygen atoms in total. The van der Waals surface area contributed by atoms with Crippen molar-refractivity contribution in [3.63, 3.8) is 0 Å². The molecule has 0 spiro atoms. The Morgan fingerprint density at radius 3 is 2.55 bits per heavy atom. The third-order valence-corrected chi connectivity index (χ3v) is 4.57. The van der Waals surface area contributed by atoms with E-state index in [0.717, 1.165) is 12.3 Å². The highest BCUT2D eigenvalue weighted by molar-refractivity contribution is 7.86. The molecule has 0 saturated carbocycles. The summed E-state index contributed by atoms with van der Waals surface area (Å²) >= 11 is 6.08. The standard InChI is InChI=1S/C18H19ClN2O7S/c1-27-9-8-20(12-13-4-3-5-15(10-13)28-29(2,25)26)18(22)16-7-6-14(21(23)24)11-17(16)19/h3-7,10-11H,8-9,12H2,1-2H3. The number of non-ortho nitro benzene ring substituents is 1. The molecule has 2 aromatic rings. The van der Waals surface area contributed by atoms with E-state index in [4.69, 9.17) is 20.5 Å². The largest absolute Gasteiger partial charge is 0.383 e. The molecule has 2 aromatic carbocycles. The maximum absolute atomic E-state index is 13.0. The predicted octanol–water partition coefficient (Wildman–Crippen LogP) is 2.88. The molecule has 0 aliphatic heterocycles. The van der Waals surface area contributed by atoms with Gasteiger partial charge in [-0.1, -0.05) is 23.7 Å². The van der Waals surface area contributed by atoms with Crippen LogP contribution in [0.2, 0.25) is 5.02 Å². The Kier molecular flexibility index (Phi) is 7.54. The maximum atomic E-state index is 13.0. The molecule has 0 atom stereocenters. The van der Waals surface area contributed by atoms with E-state index in [2.05, 4.69) is 0 Å². The first-order chi connectivity index (χ1) is 13.6. The van der Waals surface area contributed by atoms with Crippen molar-refractivity contribution in [2.24, 2.45) is 0 Å². The van der Waals surface area contributed by atoms with Gasteiger partial charge in [0, 0.05) is 32.3 Å². The Bertz CT molecular complexity index is 1010. The van der Waals surface area contributed by atoms with E-state index >= 15 is 0 Å². The van der Waals surface area contributed by atoms with Crippen LogP contribution in [0.25, 0.3) is 0 Å². The number of nitrogens with zero attached hydrogens (tertiary/aromatic N) is 2. The van der Waals surface area contributed by atoms with Crippen LogP contribution in [0.3, 0.4) is 0 Å². The number of methoxy groups -OCH3 is 1. The molecular formula is C18H19ClN2O7S. The minimum absolute atomic E-state index is 0.0409. The average Bonchev–Trinajstić information content (AvgIpc) is 2.63. The smallest absolute Gasteiger partial charge is 0.306 e. The molecule has 156 valence electrons. The van der Waals surface area contributed by atoms with Gasteiger partial charge >= 0.3 is 10.1 Å². The van der Waals surface area contributed by atoms with Crippen molar-refractivity contribution in [3.8, 4) is 5.75 Å². The Morgan fingerprint density at radius 2 is 1.97 bits per heavy atom. The molecule has 0 aliphatic carbocycles. The summed E-state index contributed by atoms with van der Waals surface area (Å²) in [5.41, 5.74) is 0.506. The van der Waals surface area contributed by atoms with Gasteiger partial charge in [-0.05, 0) is 23.8 Å². The van der Waals surface area contributed by atoms with E-state index in [1.54, 1.807) is 12.1 Å². The molecule has 0 bridgehead atoms. The zero-order chi connectivity index (χ0) is 21.6. The van der Waals surface area contributed by atoms with Gasteiger partial charge in [0.25, 0.3) is 11.6 Å². The lowest BCUT2D eigenvalue weighted by molar-refractivity contribution is -0.384. The van der Waals surface area contributed by atoms with Crippen LogP contribution in [0.4, 0.5) is 5.69 Å². The molecule has 29 heavy (non-hydrogen) atoms. The Morgan fingerprint density at radius 1 is 1.24 bits per heavy atom. The number of nitro benzene ring substituents is 1. The lowest BCUT2D eigenvalue weighted by Crippen LogP contribution is -2.33. The summed E-state index contributed by atoms with van der Waals surface area (Å²) in [6.07, 6.45) is 0.935. The number of ether oxygens (including phenoxy) is 1. The zero-order valence-corrected chi connectivity index (χ0v) is 17.3. The second kappa shape index (κ2) is 9.68. The molecule has 2 rings (SSSR count). The normalized spacial score (nSPS) is 11.1. The van der Waals surface area contributed by atoms with Gasteiger partial charge in [-0.15, -0.1) is 0 Å². The minimum atomic E-state index is -3.69. The highest BCUT2D eigenvalue weighted by Gasteiger charge is 2.21. The molecule has 0 fully saturated rings. The first-order valence-electron chi connectivity index (χ1n) is 8.31. The second-order valence-corrected chi connectivity index (χ2v) is 8.06. The summed E-state index contributed by atoms with van der Waals surface area (Å²) in [6, 6.07) is 9.92. The molecule has 0 saturated heterocycles. The molecule has 11 heteroatoms. The van der Waals surface area contributed by atoms with Gasteiger partial charge in [0.05, 0.1) is 28.4 Å². The Balaban J connectivity index is 2.29. The molecule has 0 heterocycles. The van der Waals surface area contributed by atoms with Crippen molar-refractivity contribution < 1.29 is 27.1 Å². The molecule has 0 unspecified atom stereocenters. The van der Waals surface area contributed by atoms with Gasteiger partial charge in [-0.25, -0.2) is 0 Å². The maximum Gasteiger partial charge on any atom is 0.306 e. The van der Waals surface area contributed by atoms with E-state index in [9.17, 15) is 23.3 Å².